The highest BCUT2D eigenvalue weighted by atomic mass is 16.4. The van der Waals surface area contributed by atoms with Crippen LogP contribution in [0.3, 0.4) is 0 Å². The Morgan fingerprint density at radius 3 is 2.04 bits per heavy atom. The Morgan fingerprint density at radius 2 is 1.58 bits per heavy atom. The standard InChI is InChI=1S/C13H22N4O7/c1-6(14)11(21)15-5-9(18)16-7(2)12(22)17-8(13(23)24)3-4-10(19)20/h6-8H,3-5,14H2,1-2H3,(H,15,21)(H,16,18)(H,17,22)(H,19,20)(H,23,24). The Kier molecular flexibility index (Phi) is 9.02. The van der Waals surface area contributed by atoms with Crippen molar-refractivity contribution in [2.24, 2.45) is 5.73 Å². The number of hydrogen-bond donors (Lipinski definition) is 6. The Labute approximate surface area is 138 Å². The van der Waals surface area contributed by atoms with Crippen LogP contribution in [-0.4, -0.2) is 64.5 Å². The fourth-order valence-electron chi connectivity index (χ4n) is 1.51. The highest BCUT2D eigenvalue weighted by Crippen LogP contribution is 1.99. The highest BCUT2D eigenvalue weighted by molar-refractivity contribution is 5.92. The molecule has 3 amide bonds. The van der Waals surface area contributed by atoms with Gasteiger partial charge in [0.2, 0.25) is 17.7 Å². The predicted molar refractivity (Wildman–Crippen MR) is 80.7 cm³/mol. The second-order valence-electron chi connectivity index (χ2n) is 5.13. The molecule has 0 spiro atoms. The maximum Gasteiger partial charge on any atom is 0.326 e. The lowest BCUT2D eigenvalue weighted by Crippen LogP contribution is -2.52. The molecule has 0 bridgehead atoms. The largest absolute Gasteiger partial charge is 0.481 e. The summed E-state index contributed by atoms with van der Waals surface area (Å²) in [5, 5.41) is 24.1. The molecule has 0 aromatic rings. The van der Waals surface area contributed by atoms with Crippen LogP contribution in [-0.2, 0) is 24.0 Å². The first-order chi connectivity index (χ1) is 11.0. The van der Waals surface area contributed by atoms with Crippen LogP contribution in [0.1, 0.15) is 26.7 Å². The zero-order valence-electron chi connectivity index (χ0n) is 13.4. The van der Waals surface area contributed by atoms with Crippen LogP contribution in [0.25, 0.3) is 0 Å². The van der Waals surface area contributed by atoms with E-state index < -0.39 is 54.2 Å². The Balaban J connectivity index is 4.42. The van der Waals surface area contributed by atoms with Crippen molar-refractivity contribution < 1.29 is 34.2 Å². The molecule has 0 heterocycles. The molecule has 0 aromatic carbocycles. The molecule has 3 atom stereocenters. The molecule has 0 fully saturated rings. The SMILES string of the molecule is CC(N)C(=O)NCC(=O)NC(C)C(=O)NC(CCC(=O)O)C(=O)O. The second kappa shape index (κ2) is 10.2. The van der Waals surface area contributed by atoms with E-state index in [2.05, 4.69) is 16.0 Å². The zero-order valence-corrected chi connectivity index (χ0v) is 13.4. The molecular weight excluding hydrogens is 324 g/mol. The van der Waals surface area contributed by atoms with Gasteiger partial charge in [-0.3, -0.25) is 19.2 Å². The number of aliphatic carboxylic acids is 2. The van der Waals surface area contributed by atoms with Crippen molar-refractivity contribution in [1.29, 1.82) is 0 Å². The lowest BCUT2D eigenvalue weighted by atomic mass is 10.1. The molecule has 0 aliphatic rings. The fraction of sp³-hybridized carbons (Fsp3) is 0.615. The molecule has 0 saturated heterocycles. The smallest absolute Gasteiger partial charge is 0.326 e. The van der Waals surface area contributed by atoms with Gasteiger partial charge in [0, 0.05) is 6.42 Å². The van der Waals surface area contributed by atoms with Gasteiger partial charge in [-0.2, -0.15) is 0 Å². The zero-order chi connectivity index (χ0) is 18.9. The number of amides is 3. The molecule has 0 aliphatic heterocycles. The minimum Gasteiger partial charge on any atom is -0.481 e. The summed E-state index contributed by atoms with van der Waals surface area (Å²) in [5.74, 6) is -4.57. The third kappa shape index (κ3) is 8.68. The van der Waals surface area contributed by atoms with Gasteiger partial charge in [-0.05, 0) is 20.3 Å². The summed E-state index contributed by atoms with van der Waals surface area (Å²) < 4.78 is 0. The molecular formula is C13H22N4O7. The van der Waals surface area contributed by atoms with Crippen molar-refractivity contribution in [3.8, 4) is 0 Å². The first kappa shape index (κ1) is 21.3. The van der Waals surface area contributed by atoms with E-state index in [1.54, 1.807) is 0 Å². The monoisotopic (exact) mass is 346 g/mol. The summed E-state index contributed by atoms with van der Waals surface area (Å²) >= 11 is 0. The maximum absolute atomic E-state index is 11.8. The van der Waals surface area contributed by atoms with Crippen LogP contribution in [0.2, 0.25) is 0 Å². The number of hydrogen-bond acceptors (Lipinski definition) is 6. The third-order valence-electron chi connectivity index (χ3n) is 2.87. The van der Waals surface area contributed by atoms with E-state index in [4.69, 9.17) is 15.9 Å². The van der Waals surface area contributed by atoms with Gasteiger partial charge in [0.15, 0.2) is 0 Å². The van der Waals surface area contributed by atoms with E-state index in [9.17, 15) is 24.0 Å². The van der Waals surface area contributed by atoms with Crippen LogP contribution in [0.15, 0.2) is 0 Å². The van der Waals surface area contributed by atoms with Gasteiger partial charge in [0.1, 0.15) is 12.1 Å². The van der Waals surface area contributed by atoms with E-state index in [1.165, 1.54) is 13.8 Å². The fourth-order valence-corrected chi connectivity index (χ4v) is 1.51. The molecule has 0 aliphatic carbocycles. The normalized spacial score (nSPS) is 14.0. The van der Waals surface area contributed by atoms with Crippen molar-refractivity contribution in [2.45, 2.75) is 44.8 Å². The van der Waals surface area contributed by atoms with Crippen molar-refractivity contribution in [3.05, 3.63) is 0 Å². The third-order valence-corrected chi connectivity index (χ3v) is 2.87. The van der Waals surface area contributed by atoms with Crippen LogP contribution in [0.4, 0.5) is 0 Å². The summed E-state index contributed by atoms with van der Waals surface area (Å²) in [6.07, 6.45) is -0.719. The number of rotatable bonds is 10. The van der Waals surface area contributed by atoms with Crippen molar-refractivity contribution in [3.63, 3.8) is 0 Å². The number of carbonyl (C=O) groups excluding carboxylic acids is 3. The quantitative estimate of drug-likeness (QED) is 0.248. The topological polar surface area (TPSA) is 188 Å². The summed E-state index contributed by atoms with van der Waals surface area (Å²) in [6.45, 7) is 2.36. The van der Waals surface area contributed by atoms with Gasteiger partial charge in [-0.25, -0.2) is 4.79 Å². The predicted octanol–water partition coefficient (Wildman–Crippen LogP) is -2.61. The molecule has 0 radical (unpaired) electrons. The molecule has 3 unspecified atom stereocenters. The number of carbonyl (C=O) groups is 5. The van der Waals surface area contributed by atoms with E-state index in [0.717, 1.165) is 0 Å². The van der Waals surface area contributed by atoms with Crippen LogP contribution in [0, 0.1) is 0 Å². The number of carboxylic acids is 2. The number of nitrogens with two attached hydrogens (primary N) is 1. The lowest BCUT2D eigenvalue weighted by Gasteiger charge is -2.18. The average molecular weight is 346 g/mol. The lowest BCUT2D eigenvalue weighted by molar-refractivity contribution is -0.143. The van der Waals surface area contributed by atoms with Gasteiger partial charge in [-0.1, -0.05) is 0 Å². The Morgan fingerprint density at radius 1 is 1.00 bits per heavy atom. The number of carboxylic acid groups (broad SMARTS) is 2. The molecule has 11 heteroatoms. The van der Waals surface area contributed by atoms with Crippen molar-refractivity contribution >= 4 is 29.7 Å². The second-order valence-corrected chi connectivity index (χ2v) is 5.13. The van der Waals surface area contributed by atoms with E-state index in [1.807, 2.05) is 0 Å². The molecule has 0 aromatic heterocycles. The molecule has 7 N–H and O–H groups in total. The highest BCUT2D eigenvalue weighted by Gasteiger charge is 2.24. The summed E-state index contributed by atoms with van der Waals surface area (Å²) in [7, 11) is 0. The van der Waals surface area contributed by atoms with Crippen LogP contribution in [0.5, 0.6) is 0 Å². The first-order valence-electron chi connectivity index (χ1n) is 7.12. The van der Waals surface area contributed by atoms with Gasteiger partial charge in [0.05, 0.1) is 12.6 Å². The van der Waals surface area contributed by atoms with E-state index in [0.29, 0.717) is 0 Å². The molecule has 11 nitrogen and oxygen atoms in total. The maximum atomic E-state index is 11.8. The molecule has 24 heavy (non-hydrogen) atoms. The minimum absolute atomic E-state index is 0.290. The first-order valence-corrected chi connectivity index (χ1v) is 7.12. The van der Waals surface area contributed by atoms with Gasteiger partial charge >= 0.3 is 11.9 Å². The Hall–Kier alpha value is -2.69. The van der Waals surface area contributed by atoms with Gasteiger partial charge in [0.25, 0.3) is 0 Å². The van der Waals surface area contributed by atoms with Gasteiger partial charge in [-0.15, -0.1) is 0 Å². The Bertz CT molecular complexity index is 507. The van der Waals surface area contributed by atoms with Gasteiger partial charge < -0.3 is 31.9 Å². The van der Waals surface area contributed by atoms with Crippen LogP contribution < -0.4 is 21.7 Å². The number of nitrogens with one attached hydrogen (secondary N) is 3. The van der Waals surface area contributed by atoms with E-state index >= 15 is 0 Å². The van der Waals surface area contributed by atoms with Crippen molar-refractivity contribution in [2.75, 3.05) is 6.54 Å². The summed E-state index contributed by atoms with van der Waals surface area (Å²) in [6, 6.07) is -3.24. The summed E-state index contributed by atoms with van der Waals surface area (Å²) in [4.78, 5) is 56.1. The average Bonchev–Trinajstić information content (AvgIpc) is 2.47. The molecule has 0 rings (SSSR count). The van der Waals surface area contributed by atoms with Crippen molar-refractivity contribution in [1.82, 2.24) is 16.0 Å². The van der Waals surface area contributed by atoms with Crippen LogP contribution >= 0.6 is 0 Å². The van der Waals surface area contributed by atoms with E-state index in [-0.39, 0.29) is 13.0 Å². The minimum atomic E-state index is -1.38. The molecule has 136 valence electrons. The molecule has 0 saturated carbocycles. The summed E-state index contributed by atoms with van der Waals surface area (Å²) in [5.41, 5.74) is 5.30.